The summed E-state index contributed by atoms with van der Waals surface area (Å²) in [6.45, 7) is 5.74. The lowest BCUT2D eigenvalue weighted by atomic mass is 9.91. The predicted octanol–water partition coefficient (Wildman–Crippen LogP) is 4.02. The number of carbonyl (C=O) groups is 2. The summed E-state index contributed by atoms with van der Waals surface area (Å²) in [5.41, 5.74) is 3.85. The van der Waals surface area contributed by atoms with Crippen LogP contribution >= 0.6 is 0 Å². The number of nitrogens with one attached hydrogen (secondary N) is 2. The molecule has 2 aromatic carbocycles. The van der Waals surface area contributed by atoms with Crippen molar-refractivity contribution in [1.29, 1.82) is 0 Å². The maximum atomic E-state index is 12.9. The summed E-state index contributed by atoms with van der Waals surface area (Å²) >= 11 is 0. The van der Waals surface area contributed by atoms with Gasteiger partial charge in [0, 0.05) is 41.5 Å². The number of carbonyl (C=O) groups excluding carboxylic acids is 2. The number of aliphatic hydroxyl groups is 1. The van der Waals surface area contributed by atoms with Gasteiger partial charge in [-0.1, -0.05) is 25.1 Å². The van der Waals surface area contributed by atoms with Crippen LogP contribution in [0, 0.1) is 0 Å². The van der Waals surface area contributed by atoms with E-state index in [0.717, 1.165) is 34.4 Å². The van der Waals surface area contributed by atoms with Gasteiger partial charge < -0.3 is 20.5 Å². The molecule has 0 spiro atoms. The highest BCUT2D eigenvalue weighted by molar-refractivity contribution is 5.96. The highest BCUT2D eigenvalue weighted by atomic mass is 16.5. The van der Waals surface area contributed by atoms with Crippen LogP contribution in [0.15, 0.2) is 60.9 Å². The number of benzene rings is 2. The van der Waals surface area contributed by atoms with Crippen molar-refractivity contribution in [3.8, 4) is 16.9 Å². The average Bonchev–Trinajstić information content (AvgIpc) is 2.84. The molecule has 176 valence electrons. The Hall–Kier alpha value is -3.71. The number of ether oxygens (including phenoxy) is 1. The maximum absolute atomic E-state index is 12.9. The molecule has 1 atom stereocenters. The lowest BCUT2D eigenvalue weighted by Crippen LogP contribution is -2.38. The van der Waals surface area contributed by atoms with Gasteiger partial charge in [-0.05, 0) is 61.7 Å². The second-order valence-corrected chi connectivity index (χ2v) is 9.07. The van der Waals surface area contributed by atoms with Crippen molar-refractivity contribution in [3.63, 3.8) is 0 Å². The van der Waals surface area contributed by atoms with Crippen molar-refractivity contribution in [1.82, 2.24) is 15.6 Å². The first-order valence-corrected chi connectivity index (χ1v) is 11.4. The topological polar surface area (TPSA) is 101 Å². The summed E-state index contributed by atoms with van der Waals surface area (Å²) in [7, 11) is 0. The fourth-order valence-corrected chi connectivity index (χ4v) is 3.94. The van der Waals surface area contributed by atoms with Crippen molar-refractivity contribution >= 4 is 11.8 Å². The standard InChI is InChI=1S/C27H29N3O4/c1-4-23-22-13-19(8-9-20(22)21-10-11-28-15-24(21)34-23)25(31)29-14-17-6-5-7-18(12-17)26(32)30-16-27(2,3)33/h5-13,15,23,33H,4,14,16H2,1-3H3,(H,29,31)(H,30,32). The summed E-state index contributed by atoms with van der Waals surface area (Å²) in [6, 6.07) is 14.7. The zero-order valence-corrected chi connectivity index (χ0v) is 19.6. The van der Waals surface area contributed by atoms with Gasteiger partial charge in [-0.15, -0.1) is 0 Å². The van der Waals surface area contributed by atoms with Gasteiger partial charge in [0.25, 0.3) is 11.8 Å². The maximum Gasteiger partial charge on any atom is 0.251 e. The number of rotatable bonds is 7. The van der Waals surface area contributed by atoms with Crippen LogP contribution in [-0.4, -0.2) is 34.1 Å². The quantitative estimate of drug-likeness (QED) is 0.495. The van der Waals surface area contributed by atoms with E-state index < -0.39 is 5.60 Å². The molecule has 0 saturated heterocycles. The third-order valence-corrected chi connectivity index (χ3v) is 5.70. The van der Waals surface area contributed by atoms with Gasteiger partial charge in [-0.25, -0.2) is 0 Å². The second-order valence-electron chi connectivity index (χ2n) is 9.07. The van der Waals surface area contributed by atoms with Gasteiger partial charge in [0.1, 0.15) is 11.9 Å². The van der Waals surface area contributed by atoms with Crippen LogP contribution in [0.25, 0.3) is 11.1 Å². The molecule has 0 bridgehead atoms. The van der Waals surface area contributed by atoms with Crippen molar-refractivity contribution in [3.05, 3.63) is 83.2 Å². The Morgan fingerprint density at radius 2 is 1.79 bits per heavy atom. The number of nitrogens with zero attached hydrogens (tertiary/aromatic N) is 1. The number of hydrogen-bond donors (Lipinski definition) is 3. The molecule has 0 fully saturated rings. The highest BCUT2D eigenvalue weighted by Crippen LogP contribution is 2.43. The van der Waals surface area contributed by atoms with E-state index in [1.807, 2.05) is 37.3 Å². The third-order valence-electron chi connectivity index (χ3n) is 5.70. The van der Waals surface area contributed by atoms with E-state index >= 15 is 0 Å². The number of fused-ring (bicyclic) bond motifs is 3. The summed E-state index contributed by atoms with van der Waals surface area (Å²) in [5, 5.41) is 15.4. The Balaban J connectivity index is 1.46. The largest absolute Gasteiger partial charge is 0.483 e. The molecular formula is C27H29N3O4. The van der Waals surface area contributed by atoms with E-state index in [9.17, 15) is 14.7 Å². The Kier molecular flexibility index (Phi) is 6.65. The first-order valence-electron chi connectivity index (χ1n) is 11.4. The summed E-state index contributed by atoms with van der Waals surface area (Å²) in [6.07, 6.45) is 4.09. The van der Waals surface area contributed by atoms with E-state index in [4.69, 9.17) is 4.74 Å². The van der Waals surface area contributed by atoms with Crippen molar-refractivity contribution in [2.75, 3.05) is 6.54 Å². The Labute approximate surface area is 199 Å². The number of hydrogen-bond acceptors (Lipinski definition) is 5. The minimum absolute atomic E-state index is 0.140. The second kappa shape index (κ2) is 9.65. The molecular weight excluding hydrogens is 430 g/mol. The van der Waals surface area contributed by atoms with Crippen LogP contribution in [-0.2, 0) is 6.54 Å². The van der Waals surface area contributed by atoms with Crippen molar-refractivity contribution < 1.29 is 19.4 Å². The highest BCUT2D eigenvalue weighted by Gasteiger charge is 2.26. The molecule has 0 radical (unpaired) electrons. The van der Waals surface area contributed by atoms with E-state index in [-0.39, 0.29) is 31.0 Å². The Morgan fingerprint density at radius 3 is 2.56 bits per heavy atom. The molecule has 7 heteroatoms. The Morgan fingerprint density at radius 1 is 1.03 bits per heavy atom. The van der Waals surface area contributed by atoms with Crippen molar-refractivity contribution in [2.45, 2.75) is 45.4 Å². The molecule has 34 heavy (non-hydrogen) atoms. The normalized spacial score (nSPS) is 14.4. The summed E-state index contributed by atoms with van der Waals surface area (Å²) in [5.74, 6) is 0.284. The molecule has 2 heterocycles. The molecule has 3 N–H and O–H groups in total. The molecule has 1 aliphatic rings. The molecule has 2 amide bonds. The Bertz CT molecular complexity index is 1220. The first kappa shape index (κ1) is 23.4. The lowest BCUT2D eigenvalue weighted by molar-refractivity contribution is 0.0694. The predicted molar refractivity (Wildman–Crippen MR) is 130 cm³/mol. The minimum Gasteiger partial charge on any atom is -0.483 e. The molecule has 1 aromatic heterocycles. The zero-order chi connectivity index (χ0) is 24.3. The number of aromatic nitrogens is 1. The fourth-order valence-electron chi connectivity index (χ4n) is 3.94. The molecule has 1 aliphatic heterocycles. The van der Waals surface area contributed by atoms with Crippen molar-refractivity contribution in [2.24, 2.45) is 0 Å². The van der Waals surface area contributed by atoms with Crippen LogP contribution in [0.2, 0.25) is 0 Å². The van der Waals surface area contributed by atoms with E-state index in [2.05, 4.69) is 15.6 Å². The monoisotopic (exact) mass is 459 g/mol. The zero-order valence-electron chi connectivity index (χ0n) is 19.6. The molecule has 1 unspecified atom stereocenters. The summed E-state index contributed by atoms with van der Waals surface area (Å²) in [4.78, 5) is 29.4. The van der Waals surface area contributed by atoms with Gasteiger partial charge in [-0.2, -0.15) is 0 Å². The minimum atomic E-state index is -0.989. The van der Waals surface area contributed by atoms with Crippen LogP contribution in [0.4, 0.5) is 0 Å². The fraction of sp³-hybridized carbons (Fsp3) is 0.296. The lowest BCUT2D eigenvalue weighted by Gasteiger charge is -2.28. The van der Waals surface area contributed by atoms with Gasteiger partial charge in [0.05, 0.1) is 11.8 Å². The van der Waals surface area contributed by atoms with E-state index in [1.165, 1.54) is 0 Å². The van der Waals surface area contributed by atoms with Gasteiger partial charge >= 0.3 is 0 Å². The van der Waals surface area contributed by atoms with E-state index in [1.54, 1.807) is 44.4 Å². The average molecular weight is 460 g/mol. The van der Waals surface area contributed by atoms with Crippen LogP contribution in [0.5, 0.6) is 5.75 Å². The summed E-state index contributed by atoms with van der Waals surface area (Å²) < 4.78 is 6.10. The van der Waals surface area contributed by atoms with E-state index in [0.29, 0.717) is 11.1 Å². The van der Waals surface area contributed by atoms with Gasteiger partial charge in [-0.3, -0.25) is 14.6 Å². The number of amides is 2. The molecule has 0 saturated carbocycles. The van der Waals surface area contributed by atoms with Gasteiger partial charge in [0.15, 0.2) is 0 Å². The van der Waals surface area contributed by atoms with Crippen LogP contribution in [0.3, 0.4) is 0 Å². The third kappa shape index (κ3) is 5.26. The van der Waals surface area contributed by atoms with Crippen LogP contribution < -0.4 is 15.4 Å². The van der Waals surface area contributed by atoms with Crippen LogP contribution in [0.1, 0.15) is 65.1 Å². The SMILES string of the molecule is CCC1Oc2cnccc2-c2ccc(C(=O)NCc3cccc(C(=O)NCC(C)(C)O)c3)cc21. The number of pyridine rings is 1. The van der Waals surface area contributed by atoms with Gasteiger partial charge in [0.2, 0.25) is 0 Å². The molecule has 0 aliphatic carbocycles. The molecule has 7 nitrogen and oxygen atoms in total. The smallest absolute Gasteiger partial charge is 0.251 e. The molecule has 4 rings (SSSR count). The first-order chi connectivity index (χ1) is 16.2. The molecule has 3 aromatic rings.